The molecule has 0 fully saturated rings. The Kier molecular flexibility index (Phi) is 4.54. The van der Waals surface area contributed by atoms with E-state index < -0.39 is 0 Å². The van der Waals surface area contributed by atoms with Crippen LogP contribution in [0.3, 0.4) is 0 Å². The maximum atomic E-state index is 10.7. The van der Waals surface area contributed by atoms with E-state index in [2.05, 4.69) is 45.0 Å². The normalized spacial score (nSPS) is 12.8. The fraction of sp³-hybridized carbons (Fsp3) is 0.500. The van der Waals surface area contributed by atoms with Crippen molar-refractivity contribution in [1.82, 2.24) is 0 Å². The minimum absolute atomic E-state index is 0.176. The Balaban J connectivity index is 2.67. The van der Waals surface area contributed by atoms with Crippen LogP contribution in [0, 0.1) is 5.92 Å². The van der Waals surface area contributed by atoms with Crippen LogP contribution in [0.5, 0.6) is 0 Å². The fourth-order valence-corrected chi connectivity index (χ4v) is 1.63. The second-order valence-electron chi connectivity index (χ2n) is 4.40. The first-order chi connectivity index (χ1) is 7.17. The molecule has 0 aromatic heterocycles. The fourth-order valence-electron chi connectivity index (χ4n) is 1.63. The van der Waals surface area contributed by atoms with E-state index in [4.69, 9.17) is 0 Å². The molecule has 0 saturated carbocycles. The summed E-state index contributed by atoms with van der Waals surface area (Å²) in [6.07, 6.45) is 2.87. The zero-order chi connectivity index (χ0) is 11.3. The van der Waals surface area contributed by atoms with E-state index in [1.54, 1.807) is 0 Å². The van der Waals surface area contributed by atoms with Crippen molar-refractivity contribution in [3.05, 3.63) is 35.4 Å². The lowest BCUT2D eigenvalue weighted by atomic mass is 9.95. The summed E-state index contributed by atoms with van der Waals surface area (Å²) >= 11 is 0. The van der Waals surface area contributed by atoms with E-state index in [1.165, 1.54) is 11.1 Å². The molecule has 0 amide bonds. The van der Waals surface area contributed by atoms with Gasteiger partial charge in [0.1, 0.15) is 6.29 Å². The number of carbonyl (C=O) groups excluding carboxylic acids is 1. The van der Waals surface area contributed by atoms with E-state index in [0.717, 1.165) is 19.1 Å². The molecule has 1 aromatic carbocycles. The number of carbonyl (C=O) groups is 1. The van der Waals surface area contributed by atoms with Gasteiger partial charge >= 0.3 is 0 Å². The lowest BCUT2D eigenvalue weighted by Crippen LogP contribution is -2.04. The van der Waals surface area contributed by atoms with Crippen molar-refractivity contribution in [2.24, 2.45) is 5.92 Å². The molecule has 1 rings (SSSR count). The molecule has 82 valence electrons. The smallest absolute Gasteiger partial charge is 0.123 e. The molecule has 0 heterocycles. The Morgan fingerprint density at radius 3 is 2.20 bits per heavy atom. The van der Waals surface area contributed by atoms with Crippen molar-refractivity contribution >= 4 is 6.29 Å². The van der Waals surface area contributed by atoms with Gasteiger partial charge in [-0.05, 0) is 29.9 Å². The van der Waals surface area contributed by atoms with Gasteiger partial charge in [0, 0.05) is 5.92 Å². The van der Waals surface area contributed by atoms with Gasteiger partial charge in [0.05, 0.1) is 0 Å². The molecule has 1 atom stereocenters. The second kappa shape index (κ2) is 5.69. The lowest BCUT2D eigenvalue weighted by molar-refractivity contribution is -0.111. The molecule has 0 saturated heterocycles. The predicted octanol–water partition coefficient (Wildman–Crippen LogP) is 3.58. The molecule has 15 heavy (non-hydrogen) atoms. The van der Waals surface area contributed by atoms with Crippen molar-refractivity contribution in [3.63, 3.8) is 0 Å². The monoisotopic (exact) mass is 204 g/mol. The third-order valence-electron chi connectivity index (χ3n) is 2.86. The van der Waals surface area contributed by atoms with Gasteiger partial charge in [0.2, 0.25) is 0 Å². The van der Waals surface area contributed by atoms with Crippen LogP contribution in [0.15, 0.2) is 24.3 Å². The minimum Gasteiger partial charge on any atom is -0.303 e. The van der Waals surface area contributed by atoms with Crippen molar-refractivity contribution in [2.45, 2.75) is 39.5 Å². The highest BCUT2D eigenvalue weighted by atomic mass is 16.1. The van der Waals surface area contributed by atoms with Crippen LogP contribution < -0.4 is 0 Å². The molecule has 0 N–H and O–H groups in total. The van der Waals surface area contributed by atoms with Crippen LogP contribution in [0.25, 0.3) is 0 Å². The third kappa shape index (κ3) is 3.50. The van der Waals surface area contributed by atoms with Crippen LogP contribution in [0.2, 0.25) is 0 Å². The summed E-state index contributed by atoms with van der Waals surface area (Å²) in [5, 5.41) is 0. The van der Waals surface area contributed by atoms with Gasteiger partial charge in [0.25, 0.3) is 0 Å². The van der Waals surface area contributed by atoms with E-state index in [1.807, 2.05) is 0 Å². The average Bonchev–Trinajstić information content (AvgIpc) is 2.26. The van der Waals surface area contributed by atoms with Gasteiger partial charge in [0.15, 0.2) is 0 Å². The topological polar surface area (TPSA) is 17.1 Å². The Morgan fingerprint density at radius 1 is 1.20 bits per heavy atom. The second-order valence-corrected chi connectivity index (χ2v) is 4.40. The first-order valence-corrected chi connectivity index (χ1v) is 5.71. The van der Waals surface area contributed by atoms with Gasteiger partial charge in [-0.1, -0.05) is 45.0 Å². The zero-order valence-corrected chi connectivity index (χ0v) is 9.86. The molecule has 0 radical (unpaired) electrons. The van der Waals surface area contributed by atoms with Crippen LogP contribution in [-0.4, -0.2) is 6.29 Å². The summed E-state index contributed by atoms with van der Waals surface area (Å²) in [6.45, 7) is 6.44. The van der Waals surface area contributed by atoms with E-state index >= 15 is 0 Å². The summed E-state index contributed by atoms with van der Waals surface area (Å²) in [7, 11) is 0. The molecular weight excluding hydrogens is 184 g/mol. The Labute approximate surface area is 92.5 Å². The van der Waals surface area contributed by atoms with Crippen molar-refractivity contribution < 1.29 is 4.79 Å². The summed E-state index contributed by atoms with van der Waals surface area (Å²) < 4.78 is 0. The lowest BCUT2D eigenvalue weighted by Gasteiger charge is -2.09. The van der Waals surface area contributed by atoms with Crippen LogP contribution in [-0.2, 0) is 11.2 Å². The Bertz CT molecular complexity index is 298. The summed E-state index contributed by atoms with van der Waals surface area (Å²) in [5.74, 6) is 0.752. The molecule has 0 bridgehead atoms. The van der Waals surface area contributed by atoms with Gasteiger partial charge in [-0.25, -0.2) is 0 Å². The van der Waals surface area contributed by atoms with Gasteiger partial charge in [-0.2, -0.15) is 0 Å². The number of rotatable bonds is 5. The highest BCUT2D eigenvalue weighted by Gasteiger charge is 2.06. The predicted molar refractivity (Wildman–Crippen MR) is 64.1 cm³/mol. The molecule has 0 aliphatic rings. The third-order valence-corrected chi connectivity index (χ3v) is 2.86. The molecule has 1 unspecified atom stereocenters. The van der Waals surface area contributed by atoms with Gasteiger partial charge in [-0.3, -0.25) is 0 Å². The summed E-state index contributed by atoms with van der Waals surface area (Å²) in [4.78, 5) is 10.7. The van der Waals surface area contributed by atoms with Crippen molar-refractivity contribution in [1.29, 1.82) is 0 Å². The molecule has 1 heteroatoms. The molecule has 0 aliphatic carbocycles. The first-order valence-electron chi connectivity index (χ1n) is 5.71. The molecule has 1 nitrogen and oxygen atoms in total. The maximum Gasteiger partial charge on any atom is 0.123 e. The molecule has 0 aliphatic heterocycles. The van der Waals surface area contributed by atoms with E-state index in [-0.39, 0.29) is 5.92 Å². The first kappa shape index (κ1) is 12.0. The molecule has 1 aromatic rings. The van der Waals surface area contributed by atoms with Crippen LogP contribution in [0.4, 0.5) is 0 Å². The summed E-state index contributed by atoms with van der Waals surface area (Å²) in [5.41, 5.74) is 2.62. The number of benzene rings is 1. The van der Waals surface area contributed by atoms with Crippen molar-refractivity contribution in [3.8, 4) is 0 Å². The molecular formula is C14H20O. The van der Waals surface area contributed by atoms with Crippen LogP contribution >= 0.6 is 0 Å². The zero-order valence-electron chi connectivity index (χ0n) is 9.86. The minimum atomic E-state index is 0.176. The van der Waals surface area contributed by atoms with E-state index in [9.17, 15) is 4.79 Å². The SMILES string of the molecule is CCC(C=O)Cc1ccc(C(C)C)cc1. The van der Waals surface area contributed by atoms with Crippen molar-refractivity contribution in [2.75, 3.05) is 0 Å². The highest BCUT2D eigenvalue weighted by molar-refractivity contribution is 5.54. The quantitative estimate of drug-likeness (QED) is 0.670. The van der Waals surface area contributed by atoms with E-state index in [0.29, 0.717) is 5.92 Å². The standard InChI is InChI=1S/C14H20O/c1-4-12(10-15)9-13-5-7-14(8-6-13)11(2)3/h5-8,10-12H,4,9H2,1-3H3. The number of aldehydes is 1. The number of hydrogen-bond acceptors (Lipinski definition) is 1. The Morgan fingerprint density at radius 2 is 1.80 bits per heavy atom. The average molecular weight is 204 g/mol. The number of hydrogen-bond donors (Lipinski definition) is 0. The van der Waals surface area contributed by atoms with Gasteiger partial charge < -0.3 is 4.79 Å². The van der Waals surface area contributed by atoms with Gasteiger partial charge in [-0.15, -0.1) is 0 Å². The maximum absolute atomic E-state index is 10.7. The highest BCUT2D eigenvalue weighted by Crippen LogP contribution is 2.16. The summed E-state index contributed by atoms with van der Waals surface area (Å²) in [6, 6.07) is 8.61. The Hall–Kier alpha value is -1.11. The van der Waals surface area contributed by atoms with Crippen LogP contribution in [0.1, 0.15) is 44.2 Å². The molecule has 0 spiro atoms. The largest absolute Gasteiger partial charge is 0.303 e.